The fourth-order valence-electron chi connectivity index (χ4n) is 2.73. The van der Waals surface area contributed by atoms with Crippen molar-refractivity contribution in [3.05, 3.63) is 36.0 Å². The van der Waals surface area contributed by atoms with Crippen LogP contribution in [0, 0.1) is 5.92 Å². The molecule has 0 unspecified atom stereocenters. The molecule has 1 heterocycles. The highest BCUT2D eigenvalue weighted by atomic mass is 16.6. The number of aliphatic hydroxyl groups is 2. The molecule has 4 atom stereocenters. The van der Waals surface area contributed by atoms with Gasteiger partial charge in [0.15, 0.2) is 0 Å². The van der Waals surface area contributed by atoms with E-state index in [0.717, 1.165) is 12.0 Å². The van der Waals surface area contributed by atoms with Gasteiger partial charge in [-0.1, -0.05) is 24.8 Å². The maximum Gasteiger partial charge on any atom is 0.334 e. The Morgan fingerprint density at radius 3 is 2.74 bits per heavy atom. The van der Waals surface area contributed by atoms with Crippen molar-refractivity contribution in [1.82, 2.24) is 0 Å². The molecule has 0 saturated carbocycles. The summed E-state index contributed by atoms with van der Waals surface area (Å²) in [4.78, 5) is 11.6. The van der Waals surface area contributed by atoms with Gasteiger partial charge in [-0.05, 0) is 25.3 Å². The molecule has 0 amide bonds. The fraction of sp³-hybridized carbons (Fsp3) is 0.533. The number of aliphatic hydroxyl groups excluding tert-OH is 2. The molecule has 4 nitrogen and oxygen atoms in total. The molecule has 2 aliphatic rings. The molecule has 0 bridgehead atoms. The van der Waals surface area contributed by atoms with Crippen LogP contribution in [0.2, 0.25) is 0 Å². The number of carbonyl (C=O) groups is 1. The van der Waals surface area contributed by atoms with E-state index in [1.807, 2.05) is 6.92 Å². The average molecular weight is 264 g/mol. The van der Waals surface area contributed by atoms with Gasteiger partial charge < -0.3 is 14.9 Å². The molecule has 0 aromatic carbocycles. The lowest BCUT2D eigenvalue weighted by Gasteiger charge is -2.29. The van der Waals surface area contributed by atoms with E-state index in [1.54, 1.807) is 0 Å². The molecule has 0 aromatic heterocycles. The second-order valence-electron chi connectivity index (χ2n) is 5.38. The van der Waals surface area contributed by atoms with Gasteiger partial charge in [0.1, 0.15) is 12.2 Å². The zero-order valence-corrected chi connectivity index (χ0v) is 11.1. The topological polar surface area (TPSA) is 66.8 Å². The number of ether oxygens (including phenoxy) is 1. The third-order valence-electron chi connectivity index (χ3n) is 3.91. The van der Waals surface area contributed by atoms with Crippen LogP contribution in [0.25, 0.3) is 0 Å². The summed E-state index contributed by atoms with van der Waals surface area (Å²) in [6.45, 7) is 9.47. The Morgan fingerprint density at radius 2 is 2.05 bits per heavy atom. The normalized spacial score (nSPS) is 39.3. The SMILES string of the molecule is C=C1C(=O)O[C@H]2C/C(C)=C\CCC(=C)[C@@H](O)[C@@H](O)[C@H]12. The van der Waals surface area contributed by atoms with Crippen molar-refractivity contribution in [3.8, 4) is 0 Å². The van der Waals surface area contributed by atoms with Crippen LogP contribution >= 0.6 is 0 Å². The second kappa shape index (κ2) is 5.31. The van der Waals surface area contributed by atoms with Crippen molar-refractivity contribution in [2.75, 3.05) is 0 Å². The molecule has 0 aromatic rings. The molecule has 1 aliphatic heterocycles. The first kappa shape index (κ1) is 14.0. The number of esters is 1. The smallest absolute Gasteiger partial charge is 0.334 e. The Labute approximate surface area is 113 Å². The summed E-state index contributed by atoms with van der Waals surface area (Å²) in [7, 11) is 0. The highest BCUT2D eigenvalue weighted by Crippen LogP contribution is 2.36. The number of allylic oxidation sites excluding steroid dienone is 1. The van der Waals surface area contributed by atoms with E-state index in [-0.39, 0.29) is 5.57 Å². The summed E-state index contributed by atoms with van der Waals surface area (Å²) < 4.78 is 5.25. The summed E-state index contributed by atoms with van der Waals surface area (Å²) in [5, 5.41) is 20.4. The van der Waals surface area contributed by atoms with Crippen molar-refractivity contribution in [2.24, 2.45) is 5.92 Å². The molecule has 1 aliphatic carbocycles. The van der Waals surface area contributed by atoms with Crippen LogP contribution in [-0.4, -0.2) is 34.5 Å². The summed E-state index contributed by atoms with van der Waals surface area (Å²) in [5.74, 6) is -1.06. The number of hydrogen-bond donors (Lipinski definition) is 2. The van der Waals surface area contributed by atoms with Gasteiger partial charge in [0.25, 0.3) is 0 Å². The zero-order chi connectivity index (χ0) is 14.2. The molecule has 19 heavy (non-hydrogen) atoms. The Kier molecular flexibility index (Phi) is 3.92. The lowest BCUT2D eigenvalue weighted by molar-refractivity contribution is -0.139. The molecule has 4 heteroatoms. The van der Waals surface area contributed by atoms with Crippen molar-refractivity contribution < 1.29 is 19.7 Å². The van der Waals surface area contributed by atoms with Gasteiger partial charge in [0.05, 0.1) is 12.0 Å². The van der Waals surface area contributed by atoms with Gasteiger partial charge in [-0.3, -0.25) is 0 Å². The van der Waals surface area contributed by atoms with Crippen LogP contribution < -0.4 is 0 Å². The van der Waals surface area contributed by atoms with Crippen LogP contribution in [0.1, 0.15) is 26.2 Å². The summed E-state index contributed by atoms with van der Waals surface area (Å²) in [5.41, 5.74) is 1.91. The summed E-state index contributed by atoms with van der Waals surface area (Å²) in [6, 6.07) is 0. The van der Waals surface area contributed by atoms with E-state index in [4.69, 9.17) is 4.74 Å². The molecular formula is C15H20O4. The lowest BCUT2D eigenvalue weighted by atomic mass is 9.82. The van der Waals surface area contributed by atoms with Gasteiger partial charge in [0.2, 0.25) is 0 Å². The minimum absolute atomic E-state index is 0.234. The second-order valence-corrected chi connectivity index (χ2v) is 5.38. The van der Waals surface area contributed by atoms with Crippen molar-refractivity contribution in [3.63, 3.8) is 0 Å². The van der Waals surface area contributed by atoms with Gasteiger partial charge in [-0.25, -0.2) is 4.79 Å². The number of fused-ring (bicyclic) bond motifs is 1. The average Bonchev–Trinajstić information content (AvgIpc) is 2.62. The minimum Gasteiger partial charge on any atom is -0.458 e. The minimum atomic E-state index is -1.10. The first-order valence-electron chi connectivity index (χ1n) is 6.51. The molecular weight excluding hydrogens is 244 g/mol. The molecule has 2 rings (SSSR count). The van der Waals surface area contributed by atoms with E-state index in [2.05, 4.69) is 19.2 Å². The highest BCUT2D eigenvalue weighted by molar-refractivity contribution is 5.91. The molecule has 104 valence electrons. The maximum atomic E-state index is 11.6. The van der Waals surface area contributed by atoms with Gasteiger partial charge >= 0.3 is 5.97 Å². The lowest BCUT2D eigenvalue weighted by Crippen LogP contribution is -2.39. The molecule has 1 fully saturated rings. The largest absolute Gasteiger partial charge is 0.458 e. The van der Waals surface area contributed by atoms with Crippen LogP contribution in [0.15, 0.2) is 36.0 Å². The van der Waals surface area contributed by atoms with Crippen molar-refractivity contribution >= 4 is 5.97 Å². The van der Waals surface area contributed by atoms with E-state index in [9.17, 15) is 15.0 Å². The van der Waals surface area contributed by atoms with Crippen LogP contribution in [-0.2, 0) is 9.53 Å². The highest BCUT2D eigenvalue weighted by Gasteiger charge is 2.45. The third-order valence-corrected chi connectivity index (χ3v) is 3.91. The Morgan fingerprint density at radius 1 is 1.37 bits per heavy atom. The Balaban J connectivity index is 2.34. The zero-order valence-electron chi connectivity index (χ0n) is 11.1. The molecule has 1 saturated heterocycles. The third kappa shape index (κ3) is 2.65. The van der Waals surface area contributed by atoms with E-state index in [1.165, 1.54) is 0 Å². The van der Waals surface area contributed by atoms with Crippen LogP contribution in [0.3, 0.4) is 0 Å². The van der Waals surface area contributed by atoms with E-state index in [0.29, 0.717) is 18.4 Å². The van der Waals surface area contributed by atoms with Gasteiger partial charge in [-0.2, -0.15) is 0 Å². The predicted octanol–water partition coefficient (Wildman–Crippen LogP) is 1.49. The van der Waals surface area contributed by atoms with Crippen LogP contribution in [0.4, 0.5) is 0 Å². The van der Waals surface area contributed by atoms with Crippen LogP contribution in [0.5, 0.6) is 0 Å². The quantitative estimate of drug-likeness (QED) is 0.395. The van der Waals surface area contributed by atoms with Gasteiger partial charge in [-0.15, -0.1) is 0 Å². The number of rotatable bonds is 0. The summed E-state index contributed by atoms with van der Waals surface area (Å²) in [6.07, 6.45) is 1.40. The van der Waals surface area contributed by atoms with E-state index >= 15 is 0 Å². The standard InChI is InChI=1S/C15H20O4/c1-8-5-4-6-9(2)13(16)14(17)12-10(3)15(18)19-11(12)7-8/h5,11-14,16-17H,2-4,6-7H2,1H3/b8-5-/t11-,12+,13+,14-/m0/s1. The predicted molar refractivity (Wildman–Crippen MR) is 71.3 cm³/mol. The molecule has 2 N–H and O–H groups in total. The molecule has 0 spiro atoms. The number of hydrogen-bond acceptors (Lipinski definition) is 4. The van der Waals surface area contributed by atoms with E-state index < -0.39 is 30.2 Å². The first-order valence-corrected chi connectivity index (χ1v) is 6.51. The summed E-state index contributed by atoms with van der Waals surface area (Å²) >= 11 is 0. The fourth-order valence-corrected chi connectivity index (χ4v) is 2.73. The van der Waals surface area contributed by atoms with Crippen molar-refractivity contribution in [1.29, 1.82) is 0 Å². The first-order chi connectivity index (χ1) is 8.91. The molecule has 0 radical (unpaired) electrons. The maximum absolute atomic E-state index is 11.6. The van der Waals surface area contributed by atoms with Crippen molar-refractivity contribution in [2.45, 2.75) is 44.5 Å². The number of carbonyl (C=O) groups excluding carboxylic acids is 1. The Bertz CT molecular complexity index is 449. The van der Waals surface area contributed by atoms with Gasteiger partial charge in [0, 0.05) is 12.0 Å². The monoisotopic (exact) mass is 264 g/mol. The Hall–Kier alpha value is -1.39.